The van der Waals surface area contributed by atoms with Crippen molar-refractivity contribution in [1.82, 2.24) is 4.90 Å². The lowest BCUT2D eigenvalue weighted by Crippen LogP contribution is -2.42. The molecular formula is C19H25F5N2O3S. The second kappa shape index (κ2) is 8.33. The zero-order chi connectivity index (χ0) is 22.3. The number of rotatable bonds is 7. The van der Waals surface area contributed by atoms with Crippen LogP contribution >= 0.6 is 0 Å². The third-order valence-electron chi connectivity index (χ3n) is 5.85. The zero-order valence-corrected chi connectivity index (χ0v) is 17.3. The third-order valence-corrected chi connectivity index (χ3v) is 6.98. The van der Waals surface area contributed by atoms with E-state index >= 15 is 0 Å². The predicted octanol–water partition coefficient (Wildman–Crippen LogP) is 2.88. The molecule has 1 aromatic rings. The number of sulfone groups is 1. The van der Waals surface area contributed by atoms with Gasteiger partial charge in [-0.3, -0.25) is 4.90 Å². The van der Waals surface area contributed by atoms with Crippen LogP contribution in [0.25, 0.3) is 0 Å². The summed E-state index contributed by atoms with van der Waals surface area (Å²) in [4.78, 5) is 0.428. The molecule has 0 bridgehead atoms. The summed E-state index contributed by atoms with van der Waals surface area (Å²) in [6.45, 7) is -0.122. The van der Waals surface area contributed by atoms with Crippen LogP contribution in [0.5, 0.6) is 0 Å². The van der Waals surface area contributed by atoms with E-state index in [9.17, 15) is 30.4 Å². The van der Waals surface area contributed by atoms with Gasteiger partial charge in [-0.1, -0.05) is 0 Å². The Balaban J connectivity index is 1.48. The average molecular weight is 456 g/mol. The van der Waals surface area contributed by atoms with Crippen LogP contribution in [0.4, 0.5) is 22.0 Å². The fraction of sp³-hybridized carbons (Fsp3) is 0.684. The van der Waals surface area contributed by atoms with Crippen molar-refractivity contribution in [2.75, 3.05) is 32.5 Å². The van der Waals surface area contributed by atoms with Crippen molar-refractivity contribution in [1.29, 1.82) is 0 Å². The molecular weight excluding hydrogens is 431 g/mol. The van der Waals surface area contributed by atoms with Gasteiger partial charge in [-0.05, 0) is 61.9 Å². The molecule has 1 saturated carbocycles. The molecule has 0 aromatic heterocycles. The fourth-order valence-corrected chi connectivity index (χ4v) is 5.15. The van der Waals surface area contributed by atoms with Crippen LogP contribution in [0.3, 0.4) is 0 Å². The first-order valence-corrected chi connectivity index (χ1v) is 11.5. The van der Waals surface area contributed by atoms with Crippen molar-refractivity contribution in [2.45, 2.75) is 42.5 Å². The van der Waals surface area contributed by atoms with Gasteiger partial charge in [-0.2, -0.15) is 13.2 Å². The summed E-state index contributed by atoms with van der Waals surface area (Å²) in [7, 11) is -4.03. The molecule has 1 aromatic carbocycles. The molecule has 2 aliphatic rings. The van der Waals surface area contributed by atoms with Crippen LogP contribution in [-0.2, 0) is 21.2 Å². The molecule has 3 rings (SSSR count). The third kappa shape index (κ3) is 5.68. The molecule has 0 spiro atoms. The summed E-state index contributed by atoms with van der Waals surface area (Å²) < 4.78 is 93.7. The molecule has 0 amide bonds. The maximum absolute atomic E-state index is 13.9. The van der Waals surface area contributed by atoms with E-state index in [2.05, 4.69) is 0 Å². The molecule has 0 radical (unpaired) electrons. The molecule has 1 aliphatic carbocycles. The van der Waals surface area contributed by atoms with Gasteiger partial charge in [-0.25, -0.2) is 17.2 Å². The Bertz CT molecular complexity index is 862. The van der Waals surface area contributed by atoms with E-state index in [0.717, 1.165) is 18.4 Å². The SMILES string of the molecule is CS(=O)(=O)c1c(F)cc(COC[C@]2(N)C[C@@H]2C2CCN(CC(F)(F)F)CC2)cc1F. The summed E-state index contributed by atoms with van der Waals surface area (Å²) in [5.41, 5.74) is 5.87. The summed E-state index contributed by atoms with van der Waals surface area (Å²) >= 11 is 0. The number of benzene rings is 1. The Morgan fingerprint density at radius 1 is 1.20 bits per heavy atom. The number of piperidine rings is 1. The van der Waals surface area contributed by atoms with Gasteiger partial charge in [0.25, 0.3) is 0 Å². The van der Waals surface area contributed by atoms with Crippen LogP contribution in [-0.4, -0.2) is 57.5 Å². The highest BCUT2D eigenvalue weighted by Gasteiger charge is 2.55. The highest BCUT2D eigenvalue weighted by molar-refractivity contribution is 7.90. The molecule has 2 N–H and O–H groups in total. The van der Waals surface area contributed by atoms with Crippen molar-refractivity contribution in [3.8, 4) is 0 Å². The Hall–Kier alpha value is -1.30. The smallest absolute Gasteiger partial charge is 0.375 e. The number of halogens is 5. The Kier molecular flexibility index (Phi) is 6.48. The summed E-state index contributed by atoms with van der Waals surface area (Å²) in [6.07, 6.45) is -1.50. The Morgan fingerprint density at radius 3 is 2.27 bits per heavy atom. The number of hydrogen-bond donors (Lipinski definition) is 1. The zero-order valence-electron chi connectivity index (χ0n) is 16.5. The number of likely N-dealkylation sites (tertiary alicyclic amines) is 1. The van der Waals surface area contributed by atoms with E-state index in [1.165, 1.54) is 4.90 Å². The minimum absolute atomic E-state index is 0.131. The first-order chi connectivity index (χ1) is 13.8. The van der Waals surface area contributed by atoms with Crippen LogP contribution < -0.4 is 5.73 Å². The Morgan fingerprint density at radius 2 is 1.77 bits per heavy atom. The number of nitrogens with two attached hydrogens (primary N) is 1. The van der Waals surface area contributed by atoms with Gasteiger partial charge in [0.1, 0.15) is 16.5 Å². The number of hydrogen-bond acceptors (Lipinski definition) is 5. The van der Waals surface area contributed by atoms with E-state index in [4.69, 9.17) is 10.5 Å². The van der Waals surface area contributed by atoms with Gasteiger partial charge in [0, 0.05) is 11.8 Å². The van der Waals surface area contributed by atoms with Gasteiger partial charge < -0.3 is 10.5 Å². The highest BCUT2D eigenvalue weighted by atomic mass is 32.2. The second-order valence-electron chi connectivity index (χ2n) is 8.43. The maximum atomic E-state index is 13.9. The minimum atomic E-state index is -4.20. The highest BCUT2D eigenvalue weighted by Crippen LogP contribution is 2.50. The molecule has 1 heterocycles. The van der Waals surface area contributed by atoms with Gasteiger partial charge in [-0.15, -0.1) is 0 Å². The predicted molar refractivity (Wildman–Crippen MR) is 99.4 cm³/mol. The van der Waals surface area contributed by atoms with Crippen LogP contribution in [0.15, 0.2) is 17.0 Å². The molecule has 5 nitrogen and oxygen atoms in total. The van der Waals surface area contributed by atoms with Crippen molar-refractivity contribution < 1.29 is 35.1 Å². The molecule has 11 heteroatoms. The lowest BCUT2D eigenvalue weighted by Gasteiger charge is -2.33. The van der Waals surface area contributed by atoms with E-state index in [-0.39, 0.29) is 30.6 Å². The van der Waals surface area contributed by atoms with Crippen molar-refractivity contribution in [2.24, 2.45) is 17.6 Å². The average Bonchev–Trinajstić information content (AvgIpc) is 3.23. The molecule has 170 valence electrons. The van der Waals surface area contributed by atoms with E-state index in [1.54, 1.807) is 0 Å². The first-order valence-electron chi connectivity index (χ1n) is 9.62. The number of ether oxygens (including phenoxy) is 1. The molecule has 1 saturated heterocycles. The van der Waals surface area contributed by atoms with Crippen LogP contribution in [0.2, 0.25) is 0 Å². The summed E-state index contributed by atoms with van der Waals surface area (Å²) in [5.74, 6) is -1.97. The molecule has 2 fully saturated rings. The molecule has 30 heavy (non-hydrogen) atoms. The quantitative estimate of drug-likeness (QED) is 0.639. The molecule has 1 aliphatic heterocycles. The van der Waals surface area contributed by atoms with E-state index in [0.29, 0.717) is 32.4 Å². The monoisotopic (exact) mass is 456 g/mol. The molecule has 0 unspecified atom stereocenters. The topological polar surface area (TPSA) is 72.6 Å². The van der Waals surface area contributed by atoms with E-state index in [1.807, 2.05) is 0 Å². The minimum Gasteiger partial charge on any atom is -0.375 e. The summed E-state index contributed by atoms with van der Waals surface area (Å²) in [5, 5.41) is 0. The Labute approximate surface area is 172 Å². The number of nitrogens with zero attached hydrogens (tertiary/aromatic N) is 1. The van der Waals surface area contributed by atoms with Gasteiger partial charge in [0.15, 0.2) is 9.84 Å². The van der Waals surface area contributed by atoms with E-state index < -0.39 is 44.6 Å². The lowest BCUT2D eigenvalue weighted by atomic mass is 9.90. The standard InChI is InChI=1S/C19H25F5N2O3S/c1-30(27,28)17-15(20)6-12(7-16(17)21)9-29-11-18(25)8-14(18)13-2-4-26(5-3-13)10-19(22,23)24/h6-7,13-14H,2-5,8-11,25H2,1H3/t14-,18-/m1/s1. The van der Waals surface area contributed by atoms with Crippen LogP contribution in [0, 0.1) is 23.5 Å². The normalized spacial score (nSPS) is 26.2. The van der Waals surface area contributed by atoms with Crippen LogP contribution in [0.1, 0.15) is 24.8 Å². The van der Waals surface area contributed by atoms with Gasteiger partial charge in [0.2, 0.25) is 0 Å². The fourth-order valence-electron chi connectivity index (χ4n) is 4.33. The first kappa shape index (κ1) is 23.4. The second-order valence-corrected chi connectivity index (χ2v) is 10.4. The van der Waals surface area contributed by atoms with Crippen molar-refractivity contribution in [3.05, 3.63) is 29.3 Å². The summed E-state index contributed by atoms with van der Waals surface area (Å²) in [6, 6.07) is 1.84. The van der Waals surface area contributed by atoms with Gasteiger partial charge in [0.05, 0.1) is 19.8 Å². The lowest BCUT2D eigenvalue weighted by molar-refractivity contribution is -0.148. The van der Waals surface area contributed by atoms with Crippen molar-refractivity contribution >= 4 is 9.84 Å². The number of alkyl halides is 3. The maximum Gasteiger partial charge on any atom is 0.401 e. The molecule has 2 atom stereocenters. The largest absolute Gasteiger partial charge is 0.401 e. The van der Waals surface area contributed by atoms with Crippen molar-refractivity contribution in [3.63, 3.8) is 0 Å². The van der Waals surface area contributed by atoms with Gasteiger partial charge >= 0.3 is 6.18 Å².